The summed E-state index contributed by atoms with van der Waals surface area (Å²) in [5.74, 6) is -0.285. The lowest BCUT2D eigenvalue weighted by Crippen LogP contribution is -2.16. The molecule has 0 radical (unpaired) electrons. The van der Waals surface area contributed by atoms with E-state index in [0.29, 0.717) is 5.52 Å². The fourth-order valence-electron chi connectivity index (χ4n) is 2.01. The van der Waals surface area contributed by atoms with Crippen LogP contribution in [0.4, 0.5) is 4.39 Å². The first-order valence-electron chi connectivity index (χ1n) is 5.45. The van der Waals surface area contributed by atoms with E-state index in [0.717, 1.165) is 16.5 Å². The Balaban J connectivity index is 2.35. The molecule has 1 N–H and O–H groups in total. The van der Waals surface area contributed by atoms with Gasteiger partial charge in [-0.15, -0.1) is 0 Å². The highest BCUT2D eigenvalue weighted by atomic mass is 19.1. The summed E-state index contributed by atoms with van der Waals surface area (Å²) in [7, 11) is 1.68. The highest BCUT2D eigenvalue weighted by molar-refractivity contribution is 5.93. The van der Waals surface area contributed by atoms with E-state index in [1.54, 1.807) is 31.6 Å². The lowest BCUT2D eigenvalue weighted by Gasteiger charge is -2.06. The van der Waals surface area contributed by atoms with Crippen LogP contribution >= 0.6 is 0 Å². The van der Waals surface area contributed by atoms with Crippen molar-refractivity contribution < 1.29 is 4.39 Å². The maximum Gasteiger partial charge on any atom is 0.276 e. The Morgan fingerprint density at radius 3 is 2.72 bits per heavy atom. The third-order valence-electron chi connectivity index (χ3n) is 2.94. The van der Waals surface area contributed by atoms with Crippen LogP contribution in [0.15, 0.2) is 41.5 Å². The van der Waals surface area contributed by atoms with Crippen molar-refractivity contribution in [3.63, 3.8) is 0 Å². The van der Waals surface area contributed by atoms with E-state index in [1.807, 2.05) is 0 Å². The van der Waals surface area contributed by atoms with Crippen LogP contribution in [-0.4, -0.2) is 14.8 Å². The Hall–Kier alpha value is -2.43. The molecule has 0 bridgehead atoms. The zero-order valence-electron chi connectivity index (χ0n) is 9.64. The van der Waals surface area contributed by atoms with Crippen molar-refractivity contribution in [2.75, 3.05) is 0 Å². The van der Waals surface area contributed by atoms with E-state index >= 15 is 0 Å². The summed E-state index contributed by atoms with van der Waals surface area (Å²) in [5.41, 5.74) is 2.02. The van der Waals surface area contributed by atoms with Gasteiger partial charge in [-0.05, 0) is 17.7 Å². The first kappa shape index (κ1) is 10.7. The van der Waals surface area contributed by atoms with Crippen LogP contribution in [0.5, 0.6) is 0 Å². The molecule has 3 aromatic rings. The number of nitrogens with zero attached hydrogens (tertiary/aromatic N) is 2. The maximum atomic E-state index is 12.9. The van der Waals surface area contributed by atoms with Gasteiger partial charge in [0.2, 0.25) is 0 Å². The van der Waals surface area contributed by atoms with E-state index in [-0.39, 0.29) is 11.4 Å². The van der Waals surface area contributed by atoms with Crippen LogP contribution in [0.2, 0.25) is 0 Å². The third-order valence-corrected chi connectivity index (χ3v) is 2.94. The first-order chi connectivity index (χ1) is 8.66. The van der Waals surface area contributed by atoms with Crippen LogP contribution in [0.25, 0.3) is 22.0 Å². The number of hydrogen-bond donors (Lipinski definition) is 1. The summed E-state index contributed by atoms with van der Waals surface area (Å²) in [5, 5.41) is 7.33. The average molecular weight is 243 g/mol. The first-order valence-corrected chi connectivity index (χ1v) is 5.45. The van der Waals surface area contributed by atoms with Crippen molar-refractivity contribution in [2.24, 2.45) is 7.05 Å². The lowest BCUT2D eigenvalue weighted by molar-refractivity contribution is 0.628. The number of aromatic nitrogens is 3. The summed E-state index contributed by atoms with van der Waals surface area (Å²) in [6.45, 7) is 0. The molecule has 0 atom stereocenters. The van der Waals surface area contributed by atoms with Gasteiger partial charge in [0.15, 0.2) is 0 Å². The van der Waals surface area contributed by atoms with Gasteiger partial charge < -0.3 is 4.57 Å². The van der Waals surface area contributed by atoms with Crippen LogP contribution in [-0.2, 0) is 7.05 Å². The molecule has 90 valence electrons. The van der Waals surface area contributed by atoms with Gasteiger partial charge in [0.1, 0.15) is 11.3 Å². The molecule has 0 spiro atoms. The molecule has 0 unspecified atom stereocenters. The number of benzene rings is 1. The third kappa shape index (κ3) is 1.52. The minimum absolute atomic E-state index is 0.131. The van der Waals surface area contributed by atoms with Crippen molar-refractivity contribution in [3.05, 3.63) is 52.8 Å². The van der Waals surface area contributed by atoms with Gasteiger partial charge in [-0.3, -0.25) is 9.89 Å². The lowest BCUT2D eigenvalue weighted by atomic mass is 10.0. The highest BCUT2D eigenvalue weighted by Gasteiger charge is 2.10. The topological polar surface area (TPSA) is 50.7 Å². The molecular weight excluding hydrogens is 233 g/mol. The Kier molecular flexibility index (Phi) is 2.26. The Morgan fingerprint density at radius 2 is 2.00 bits per heavy atom. The smallest absolute Gasteiger partial charge is 0.276 e. The maximum absolute atomic E-state index is 12.9. The number of fused-ring (bicyclic) bond motifs is 1. The van der Waals surface area contributed by atoms with Crippen molar-refractivity contribution >= 4 is 10.9 Å². The predicted octanol–water partition coefficient (Wildman–Crippen LogP) is 2.07. The molecule has 0 saturated heterocycles. The second-order valence-electron chi connectivity index (χ2n) is 4.12. The number of pyridine rings is 1. The van der Waals surface area contributed by atoms with E-state index < -0.39 is 0 Å². The van der Waals surface area contributed by atoms with E-state index in [1.165, 1.54) is 16.7 Å². The van der Waals surface area contributed by atoms with E-state index in [2.05, 4.69) is 10.2 Å². The molecule has 5 heteroatoms. The molecule has 0 aliphatic heterocycles. The fraction of sp³-hybridized carbons (Fsp3) is 0.0769. The van der Waals surface area contributed by atoms with Crippen molar-refractivity contribution in [1.82, 2.24) is 14.8 Å². The summed E-state index contributed by atoms with van der Waals surface area (Å²) in [6, 6.07) is 6.15. The normalized spacial score (nSPS) is 11.0. The number of nitrogens with one attached hydrogen (secondary N) is 1. The molecular formula is C13H10FN3O. The van der Waals surface area contributed by atoms with Crippen LogP contribution < -0.4 is 5.56 Å². The summed E-state index contributed by atoms with van der Waals surface area (Å²) in [6.07, 6.45) is 3.34. The van der Waals surface area contributed by atoms with Gasteiger partial charge in [-0.1, -0.05) is 12.1 Å². The molecule has 0 fully saturated rings. The number of aromatic amines is 1. The number of aryl methyl sites for hydroxylation is 1. The molecule has 4 nitrogen and oxygen atoms in total. The molecule has 1 aromatic carbocycles. The minimum Gasteiger partial charge on any atom is -0.316 e. The molecule has 18 heavy (non-hydrogen) atoms. The van der Waals surface area contributed by atoms with Gasteiger partial charge in [0.05, 0.1) is 6.20 Å². The van der Waals surface area contributed by atoms with Crippen molar-refractivity contribution in [3.8, 4) is 11.1 Å². The predicted molar refractivity (Wildman–Crippen MR) is 66.7 cm³/mol. The van der Waals surface area contributed by atoms with Gasteiger partial charge in [-0.25, -0.2) is 4.39 Å². The summed E-state index contributed by atoms with van der Waals surface area (Å²) < 4.78 is 14.4. The average Bonchev–Trinajstić information content (AvgIpc) is 2.84. The molecule has 2 aromatic heterocycles. The van der Waals surface area contributed by atoms with Gasteiger partial charge >= 0.3 is 0 Å². The molecule has 3 rings (SSSR count). The Labute approximate surface area is 102 Å². The van der Waals surface area contributed by atoms with E-state index in [4.69, 9.17) is 0 Å². The highest BCUT2D eigenvalue weighted by Crippen LogP contribution is 2.25. The zero-order chi connectivity index (χ0) is 12.7. The van der Waals surface area contributed by atoms with E-state index in [9.17, 15) is 9.18 Å². The number of hydrogen-bond acceptors (Lipinski definition) is 2. The zero-order valence-corrected chi connectivity index (χ0v) is 9.64. The van der Waals surface area contributed by atoms with Crippen LogP contribution in [0.3, 0.4) is 0 Å². The Bertz CT molecular complexity index is 771. The van der Waals surface area contributed by atoms with Crippen molar-refractivity contribution in [1.29, 1.82) is 0 Å². The number of halogens is 1. The Morgan fingerprint density at radius 1 is 1.28 bits per heavy atom. The van der Waals surface area contributed by atoms with Gasteiger partial charge in [0.25, 0.3) is 5.56 Å². The van der Waals surface area contributed by atoms with Gasteiger partial charge in [0, 0.05) is 24.2 Å². The number of rotatable bonds is 1. The van der Waals surface area contributed by atoms with Gasteiger partial charge in [-0.2, -0.15) is 5.10 Å². The van der Waals surface area contributed by atoms with Crippen LogP contribution in [0, 0.1) is 5.82 Å². The second-order valence-corrected chi connectivity index (χ2v) is 4.12. The SMILES string of the molecule is Cn1cc(-c2ccc(F)cc2)c2cn[nH]c2c1=O. The molecule has 0 aliphatic rings. The molecule has 2 heterocycles. The molecule has 0 saturated carbocycles. The largest absolute Gasteiger partial charge is 0.316 e. The quantitative estimate of drug-likeness (QED) is 0.711. The summed E-state index contributed by atoms with van der Waals surface area (Å²) >= 11 is 0. The fourth-order valence-corrected chi connectivity index (χ4v) is 2.01. The standard InChI is InChI=1S/C13H10FN3O/c1-17-7-11(8-2-4-9(14)5-3-8)10-6-15-16-12(10)13(17)18/h2-7H,1H3,(H,15,16). The molecule has 0 amide bonds. The monoisotopic (exact) mass is 243 g/mol. The molecule has 0 aliphatic carbocycles. The van der Waals surface area contributed by atoms with Crippen LogP contribution in [0.1, 0.15) is 0 Å². The second kappa shape index (κ2) is 3.80. The number of H-pyrrole nitrogens is 1. The summed E-state index contributed by atoms with van der Waals surface area (Å²) in [4.78, 5) is 11.9. The minimum atomic E-state index is -0.285. The van der Waals surface area contributed by atoms with Crippen molar-refractivity contribution in [2.45, 2.75) is 0 Å².